The van der Waals surface area contributed by atoms with E-state index in [0.717, 1.165) is 0 Å². The number of nitrogens with zero attached hydrogens (tertiary/aromatic N) is 1. The van der Waals surface area contributed by atoms with Gasteiger partial charge in [0.2, 0.25) is 5.91 Å². The molecule has 0 radical (unpaired) electrons. The molecule has 21 heavy (non-hydrogen) atoms. The zero-order valence-electron chi connectivity index (χ0n) is 12.7. The summed E-state index contributed by atoms with van der Waals surface area (Å²) in [5.74, 6) is -0.0602. The van der Waals surface area contributed by atoms with Gasteiger partial charge in [-0.3, -0.25) is 4.79 Å². The van der Waals surface area contributed by atoms with Gasteiger partial charge in [-0.05, 0) is 26.0 Å². The van der Waals surface area contributed by atoms with Crippen LogP contribution >= 0.6 is 0 Å². The highest BCUT2D eigenvalue weighted by atomic mass is 16.5. The van der Waals surface area contributed by atoms with Gasteiger partial charge in [0, 0.05) is 13.7 Å². The van der Waals surface area contributed by atoms with Crippen LogP contribution in [0.2, 0.25) is 0 Å². The van der Waals surface area contributed by atoms with E-state index in [1.807, 2.05) is 0 Å². The number of carbonyl (C=O) groups is 2. The Morgan fingerprint density at radius 2 is 2.05 bits per heavy atom. The van der Waals surface area contributed by atoms with Crippen LogP contribution in [0.5, 0.6) is 0 Å². The standard InChI is InChI=1S/C14H21N3O4/c1-9-11(14(19)21-4)5-6-12(16-9)17-10(2)13(18)15-7-8-20-3/h5-6,10H,7-8H2,1-4H3,(H,15,18)(H,16,17). The number of hydrogen-bond acceptors (Lipinski definition) is 6. The lowest BCUT2D eigenvalue weighted by atomic mass is 10.2. The second-order valence-corrected chi connectivity index (χ2v) is 4.47. The van der Waals surface area contributed by atoms with Gasteiger partial charge < -0.3 is 20.1 Å². The quantitative estimate of drug-likeness (QED) is 0.569. The maximum atomic E-state index is 11.8. The summed E-state index contributed by atoms with van der Waals surface area (Å²) < 4.78 is 9.52. The van der Waals surface area contributed by atoms with Crippen LogP contribution in [0.25, 0.3) is 0 Å². The molecule has 7 heteroatoms. The number of esters is 1. The third-order valence-electron chi connectivity index (χ3n) is 2.85. The van der Waals surface area contributed by atoms with Gasteiger partial charge in [-0.25, -0.2) is 9.78 Å². The molecule has 1 unspecified atom stereocenters. The molecule has 0 aliphatic rings. The molecule has 0 bridgehead atoms. The van der Waals surface area contributed by atoms with Crippen molar-refractivity contribution in [2.75, 3.05) is 32.7 Å². The molecule has 2 N–H and O–H groups in total. The lowest BCUT2D eigenvalue weighted by molar-refractivity contribution is -0.121. The summed E-state index contributed by atoms with van der Waals surface area (Å²) in [7, 11) is 2.89. The molecule has 0 aliphatic carbocycles. The monoisotopic (exact) mass is 295 g/mol. The van der Waals surface area contributed by atoms with Gasteiger partial charge in [0.1, 0.15) is 11.9 Å². The Morgan fingerprint density at radius 3 is 2.62 bits per heavy atom. The fourth-order valence-corrected chi connectivity index (χ4v) is 1.68. The third-order valence-corrected chi connectivity index (χ3v) is 2.85. The number of amides is 1. The number of pyridine rings is 1. The molecule has 1 heterocycles. The van der Waals surface area contributed by atoms with E-state index in [-0.39, 0.29) is 5.91 Å². The fraction of sp³-hybridized carbons (Fsp3) is 0.500. The molecule has 0 saturated heterocycles. The maximum Gasteiger partial charge on any atom is 0.339 e. The van der Waals surface area contributed by atoms with Gasteiger partial charge in [0.15, 0.2) is 0 Å². The molecule has 1 aromatic rings. The summed E-state index contributed by atoms with van der Waals surface area (Å²) in [6, 6.07) is 2.81. The highest BCUT2D eigenvalue weighted by Gasteiger charge is 2.15. The second kappa shape index (κ2) is 8.21. The van der Waals surface area contributed by atoms with Crippen molar-refractivity contribution in [3.05, 3.63) is 23.4 Å². The molecule has 0 aromatic carbocycles. The number of hydrogen-bond donors (Lipinski definition) is 2. The number of rotatable bonds is 7. The van der Waals surface area contributed by atoms with Gasteiger partial charge in [-0.15, -0.1) is 0 Å². The van der Waals surface area contributed by atoms with Gasteiger partial charge in [-0.1, -0.05) is 0 Å². The summed E-state index contributed by atoms with van der Waals surface area (Å²) in [5.41, 5.74) is 0.944. The molecular formula is C14H21N3O4. The molecule has 0 saturated carbocycles. The van der Waals surface area contributed by atoms with E-state index in [2.05, 4.69) is 20.4 Å². The largest absolute Gasteiger partial charge is 0.465 e. The highest BCUT2D eigenvalue weighted by molar-refractivity contribution is 5.90. The van der Waals surface area contributed by atoms with Gasteiger partial charge >= 0.3 is 5.97 Å². The molecule has 1 amide bonds. The molecule has 0 aliphatic heterocycles. The van der Waals surface area contributed by atoms with Crippen molar-refractivity contribution in [1.82, 2.24) is 10.3 Å². The van der Waals surface area contributed by atoms with Crippen molar-refractivity contribution in [3.8, 4) is 0 Å². The first kappa shape index (κ1) is 16.9. The van der Waals surface area contributed by atoms with Crippen LogP contribution in [0.4, 0.5) is 5.82 Å². The van der Waals surface area contributed by atoms with Crippen LogP contribution in [-0.4, -0.2) is 50.3 Å². The Morgan fingerprint density at radius 1 is 1.33 bits per heavy atom. The third kappa shape index (κ3) is 5.03. The SMILES string of the molecule is COCCNC(=O)C(C)Nc1ccc(C(=O)OC)c(C)n1. The van der Waals surface area contributed by atoms with E-state index in [4.69, 9.17) is 4.74 Å². The van der Waals surface area contributed by atoms with Crippen molar-refractivity contribution in [1.29, 1.82) is 0 Å². The van der Waals surface area contributed by atoms with E-state index in [0.29, 0.717) is 30.2 Å². The number of methoxy groups -OCH3 is 2. The molecule has 116 valence electrons. The van der Waals surface area contributed by atoms with E-state index in [9.17, 15) is 9.59 Å². The van der Waals surface area contributed by atoms with Crippen LogP contribution < -0.4 is 10.6 Å². The zero-order chi connectivity index (χ0) is 15.8. The minimum Gasteiger partial charge on any atom is -0.465 e. The fourth-order valence-electron chi connectivity index (χ4n) is 1.68. The first-order valence-corrected chi connectivity index (χ1v) is 6.58. The Labute approximate surface area is 124 Å². The molecule has 0 fully saturated rings. The van der Waals surface area contributed by atoms with Crippen molar-refractivity contribution >= 4 is 17.7 Å². The smallest absolute Gasteiger partial charge is 0.339 e. The first-order valence-electron chi connectivity index (χ1n) is 6.58. The summed E-state index contributed by atoms with van der Waals surface area (Å²) in [4.78, 5) is 27.5. The Bertz CT molecular complexity index is 505. The van der Waals surface area contributed by atoms with Crippen LogP contribution in [-0.2, 0) is 14.3 Å². The first-order chi connectivity index (χ1) is 9.99. The molecular weight excluding hydrogens is 274 g/mol. The highest BCUT2D eigenvalue weighted by Crippen LogP contribution is 2.12. The van der Waals surface area contributed by atoms with Crippen LogP contribution in [0.3, 0.4) is 0 Å². The molecule has 1 aromatic heterocycles. The van der Waals surface area contributed by atoms with Crippen molar-refractivity contribution < 1.29 is 19.1 Å². The predicted molar refractivity (Wildman–Crippen MR) is 78.3 cm³/mol. The predicted octanol–water partition coefficient (Wildman–Crippen LogP) is 0.740. The van der Waals surface area contributed by atoms with Crippen LogP contribution in [0.1, 0.15) is 23.0 Å². The average Bonchev–Trinajstić information content (AvgIpc) is 2.46. The molecule has 0 spiro atoms. The summed E-state index contributed by atoms with van der Waals surface area (Å²) in [6.45, 7) is 4.35. The van der Waals surface area contributed by atoms with Crippen molar-refractivity contribution in [2.24, 2.45) is 0 Å². The molecule has 1 rings (SSSR count). The maximum absolute atomic E-state index is 11.8. The average molecular weight is 295 g/mol. The van der Waals surface area contributed by atoms with Gasteiger partial charge in [0.05, 0.1) is 25.0 Å². The Kier molecular flexibility index (Phi) is 6.61. The number of nitrogens with one attached hydrogen (secondary N) is 2. The van der Waals surface area contributed by atoms with E-state index >= 15 is 0 Å². The lowest BCUT2D eigenvalue weighted by Gasteiger charge is -2.15. The van der Waals surface area contributed by atoms with Crippen LogP contribution in [0.15, 0.2) is 12.1 Å². The number of aromatic nitrogens is 1. The molecule has 1 atom stereocenters. The minimum absolute atomic E-state index is 0.149. The van der Waals surface area contributed by atoms with Gasteiger partial charge in [0.25, 0.3) is 0 Å². The Hall–Kier alpha value is -2.15. The number of carbonyl (C=O) groups excluding carboxylic acids is 2. The van der Waals surface area contributed by atoms with E-state index in [1.165, 1.54) is 7.11 Å². The van der Waals surface area contributed by atoms with Gasteiger partial charge in [-0.2, -0.15) is 0 Å². The van der Waals surface area contributed by atoms with Crippen molar-refractivity contribution in [2.45, 2.75) is 19.9 Å². The summed E-state index contributed by atoms with van der Waals surface area (Å²) >= 11 is 0. The zero-order valence-corrected chi connectivity index (χ0v) is 12.7. The topological polar surface area (TPSA) is 89.6 Å². The summed E-state index contributed by atoms with van der Waals surface area (Å²) in [5, 5.41) is 5.71. The van der Waals surface area contributed by atoms with E-state index in [1.54, 1.807) is 33.1 Å². The molecule has 7 nitrogen and oxygen atoms in total. The number of aryl methyl sites for hydroxylation is 1. The second-order valence-electron chi connectivity index (χ2n) is 4.47. The lowest BCUT2D eigenvalue weighted by Crippen LogP contribution is -2.39. The van der Waals surface area contributed by atoms with E-state index < -0.39 is 12.0 Å². The Balaban J connectivity index is 2.64. The number of anilines is 1. The van der Waals surface area contributed by atoms with Crippen LogP contribution in [0, 0.1) is 6.92 Å². The number of ether oxygens (including phenoxy) is 2. The van der Waals surface area contributed by atoms with Crippen molar-refractivity contribution in [3.63, 3.8) is 0 Å². The summed E-state index contributed by atoms with van der Waals surface area (Å²) in [6.07, 6.45) is 0. The minimum atomic E-state index is -0.447. The normalized spacial score (nSPS) is 11.6.